The van der Waals surface area contributed by atoms with Gasteiger partial charge in [-0.1, -0.05) is 36.4 Å². The highest BCUT2D eigenvalue weighted by Gasteiger charge is 2.59. The molecule has 8 heteroatoms. The minimum atomic E-state index is -0.146. The second kappa shape index (κ2) is 8.66. The average Bonchev–Trinajstić information content (AvgIpc) is 3.31. The van der Waals surface area contributed by atoms with Crippen molar-refractivity contribution in [3.63, 3.8) is 0 Å². The zero-order valence-corrected chi connectivity index (χ0v) is 23.1. The maximum Gasteiger partial charge on any atom is 0.138 e. The van der Waals surface area contributed by atoms with Crippen LogP contribution in [0.1, 0.15) is 37.1 Å². The number of aromatic amines is 1. The largest absolute Gasteiger partial charge is 0.376 e. The van der Waals surface area contributed by atoms with Crippen LogP contribution in [0.5, 0.6) is 0 Å². The minimum absolute atomic E-state index is 0.0108. The van der Waals surface area contributed by atoms with Crippen LogP contribution in [0.4, 0.5) is 5.69 Å². The lowest BCUT2D eigenvalue weighted by molar-refractivity contribution is -0.0695. The van der Waals surface area contributed by atoms with Gasteiger partial charge in [0.15, 0.2) is 0 Å². The molecule has 1 aromatic heterocycles. The minimum Gasteiger partial charge on any atom is -0.376 e. The smallest absolute Gasteiger partial charge is 0.138 e. The van der Waals surface area contributed by atoms with Gasteiger partial charge in [0.1, 0.15) is 22.1 Å². The molecule has 0 amide bonds. The zero-order chi connectivity index (χ0) is 26.3. The summed E-state index contributed by atoms with van der Waals surface area (Å²) in [5.74, 6) is 2.13. The van der Waals surface area contributed by atoms with Crippen molar-refractivity contribution < 1.29 is 4.74 Å². The zero-order valence-electron chi connectivity index (χ0n) is 22.3. The van der Waals surface area contributed by atoms with E-state index in [9.17, 15) is 0 Å². The van der Waals surface area contributed by atoms with Crippen LogP contribution in [0.2, 0.25) is 0 Å². The molecule has 4 fully saturated rings. The van der Waals surface area contributed by atoms with Crippen molar-refractivity contribution in [3.8, 4) is 22.4 Å². The number of aromatic nitrogens is 2. The van der Waals surface area contributed by atoms with E-state index in [4.69, 9.17) is 14.7 Å². The van der Waals surface area contributed by atoms with Crippen molar-refractivity contribution >= 4 is 34.1 Å². The summed E-state index contributed by atoms with van der Waals surface area (Å²) < 4.78 is 5.68. The summed E-state index contributed by atoms with van der Waals surface area (Å²) in [6.07, 6.45) is 6.84. The lowest BCUT2D eigenvalue weighted by atomic mass is 9.83. The lowest BCUT2D eigenvalue weighted by Gasteiger charge is -2.46. The maximum atomic E-state index is 5.68. The summed E-state index contributed by atoms with van der Waals surface area (Å²) in [7, 11) is 0. The Kier molecular flexibility index (Phi) is 5.10. The SMILES string of the molecule is c1cc2c(cc1-c1ccc3cc(-c4cnc([C@@]56NCCCC5S6)[nH]4)ccc3c1)N=C([C@@H]1CCCN1)NC21COC1. The summed E-state index contributed by atoms with van der Waals surface area (Å²) >= 11 is 2.00. The first-order valence-corrected chi connectivity index (χ1v) is 15.4. The second-order valence-corrected chi connectivity index (χ2v) is 13.4. The Balaban J connectivity index is 1.03. The standard InChI is InChI=1S/C32H32N6OS/c1-3-25(33-11-1)29-36-26-15-22(9-10-24(26)31(38-29)17-39-18-31)20-5-6-21-14-23(8-7-19(21)13-20)27-16-34-30(37-27)32-28(40-32)4-2-12-35-32/h5-10,13-16,25,28,33,35H,1-4,11-12,17-18H2,(H,34,37)(H,36,38)/t25-,28?,32+/m0/s1. The first-order valence-electron chi connectivity index (χ1n) is 14.5. The first kappa shape index (κ1) is 23.5. The van der Waals surface area contributed by atoms with Crippen molar-refractivity contribution in [2.75, 3.05) is 26.3 Å². The van der Waals surface area contributed by atoms with E-state index in [0.717, 1.165) is 42.6 Å². The Morgan fingerprint density at radius 1 is 0.875 bits per heavy atom. The number of thioether (sulfide) groups is 1. The third-order valence-electron chi connectivity index (χ3n) is 9.38. The molecule has 3 aromatic carbocycles. The van der Waals surface area contributed by atoms with Crippen LogP contribution in [-0.4, -0.2) is 53.4 Å². The molecular formula is C32H32N6OS. The van der Waals surface area contributed by atoms with Gasteiger partial charge in [-0.25, -0.2) is 9.98 Å². The summed E-state index contributed by atoms with van der Waals surface area (Å²) in [6, 6.07) is 20.5. The molecule has 9 rings (SSSR count). The van der Waals surface area contributed by atoms with Gasteiger partial charge in [-0.05, 0) is 78.9 Å². The quantitative estimate of drug-likeness (QED) is 0.264. The third-order valence-corrected chi connectivity index (χ3v) is 11.0. The molecule has 0 saturated carbocycles. The predicted octanol–water partition coefficient (Wildman–Crippen LogP) is 5.16. The average molecular weight is 549 g/mol. The van der Waals surface area contributed by atoms with Crippen molar-refractivity contribution in [1.29, 1.82) is 0 Å². The number of nitrogens with one attached hydrogen (secondary N) is 4. The van der Waals surface area contributed by atoms with Crippen LogP contribution in [0, 0.1) is 0 Å². The van der Waals surface area contributed by atoms with E-state index < -0.39 is 0 Å². The number of nitrogens with zero attached hydrogens (tertiary/aromatic N) is 2. The van der Waals surface area contributed by atoms with E-state index in [-0.39, 0.29) is 10.4 Å². The van der Waals surface area contributed by atoms with E-state index in [1.807, 2.05) is 18.0 Å². The van der Waals surface area contributed by atoms with Gasteiger partial charge >= 0.3 is 0 Å². The number of fused-ring (bicyclic) bond motifs is 4. The number of H-pyrrole nitrogens is 1. The number of imidazole rings is 1. The number of hydrogen-bond acceptors (Lipinski definition) is 7. The topological polar surface area (TPSA) is 86.4 Å². The molecule has 5 aliphatic heterocycles. The van der Waals surface area contributed by atoms with E-state index in [1.165, 1.54) is 52.3 Å². The summed E-state index contributed by atoms with van der Waals surface area (Å²) in [5, 5.41) is 14.2. The number of aliphatic imine (C=N–C) groups is 1. The highest BCUT2D eigenvalue weighted by atomic mass is 32.2. The van der Waals surface area contributed by atoms with Gasteiger partial charge in [0.05, 0.1) is 36.8 Å². The van der Waals surface area contributed by atoms with E-state index in [0.29, 0.717) is 24.5 Å². The fourth-order valence-electron chi connectivity index (χ4n) is 7.01. The number of piperidine rings is 1. The normalized spacial score (nSPS) is 27.9. The van der Waals surface area contributed by atoms with Crippen LogP contribution < -0.4 is 16.0 Å². The highest BCUT2D eigenvalue weighted by molar-refractivity contribution is 8.08. The first-order chi connectivity index (χ1) is 19.7. The number of ether oxygens (including phenoxy) is 1. The molecule has 1 unspecified atom stereocenters. The van der Waals surface area contributed by atoms with Crippen molar-refractivity contribution in [2.45, 2.75) is 47.4 Å². The lowest BCUT2D eigenvalue weighted by Crippen LogP contribution is -2.63. The molecule has 1 spiro atoms. The van der Waals surface area contributed by atoms with E-state index in [2.05, 4.69) is 75.5 Å². The molecule has 0 bridgehead atoms. The molecule has 4 aromatic rings. The number of amidine groups is 1. The molecule has 4 saturated heterocycles. The fourth-order valence-corrected chi connectivity index (χ4v) is 8.39. The van der Waals surface area contributed by atoms with Crippen molar-refractivity contribution in [1.82, 2.24) is 25.9 Å². The Morgan fingerprint density at radius 3 is 2.48 bits per heavy atom. The van der Waals surface area contributed by atoms with E-state index >= 15 is 0 Å². The Bertz CT molecular complexity index is 1690. The molecule has 6 heterocycles. The van der Waals surface area contributed by atoms with Crippen LogP contribution in [0.3, 0.4) is 0 Å². The van der Waals surface area contributed by atoms with Crippen molar-refractivity contribution in [2.24, 2.45) is 4.99 Å². The van der Waals surface area contributed by atoms with E-state index in [1.54, 1.807) is 0 Å². The molecule has 3 atom stereocenters. The second-order valence-electron chi connectivity index (χ2n) is 11.9. The molecule has 0 radical (unpaired) electrons. The number of hydrogen-bond donors (Lipinski definition) is 4. The molecule has 0 aliphatic carbocycles. The molecule has 40 heavy (non-hydrogen) atoms. The highest BCUT2D eigenvalue weighted by Crippen LogP contribution is 2.61. The molecule has 7 nitrogen and oxygen atoms in total. The van der Waals surface area contributed by atoms with Crippen LogP contribution in [0.15, 0.2) is 65.8 Å². The monoisotopic (exact) mass is 548 g/mol. The predicted molar refractivity (Wildman–Crippen MR) is 161 cm³/mol. The van der Waals surface area contributed by atoms with Gasteiger partial charge in [0, 0.05) is 16.4 Å². The van der Waals surface area contributed by atoms with Gasteiger partial charge in [-0.2, -0.15) is 0 Å². The molecule has 4 N–H and O–H groups in total. The maximum absolute atomic E-state index is 5.68. The summed E-state index contributed by atoms with van der Waals surface area (Å²) in [5.41, 5.74) is 6.82. The van der Waals surface area contributed by atoms with Gasteiger partial charge in [-0.15, -0.1) is 11.8 Å². The molecular weight excluding hydrogens is 516 g/mol. The Labute approximate surface area is 237 Å². The number of benzene rings is 3. The van der Waals surface area contributed by atoms with Gasteiger partial charge in [0.25, 0.3) is 0 Å². The van der Waals surface area contributed by atoms with Gasteiger partial charge in [-0.3, -0.25) is 5.32 Å². The third kappa shape index (κ3) is 3.56. The van der Waals surface area contributed by atoms with Gasteiger partial charge < -0.3 is 20.4 Å². The van der Waals surface area contributed by atoms with Crippen molar-refractivity contribution in [3.05, 3.63) is 72.2 Å². The summed E-state index contributed by atoms with van der Waals surface area (Å²) in [4.78, 5) is 13.5. The Hall–Kier alpha value is -3.17. The van der Waals surface area contributed by atoms with Gasteiger partial charge in [0.2, 0.25) is 0 Å². The number of rotatable bonds is 4. The molecule has 202 valence electrons. The fraction of sp³-hybridized carbons (Fsp3) is 0.375. The van der Waals surface area contributed by atoms with Crippen LogP contribution >= 0.6 is 11.8 Å². The Morgan fingerprint density at radius 2 is 1.68 bits per heavy atom. The summed E-state index contributed by atoms with van der Waals surface area (Å²) in [6.45, 7) is 3.51. The van der Waals surface area contributed by atoms with Crippen LogP contribution in [0.25, 0.3) is 33.2 Å². The molecule has 5 aliphatic rings. The van der Waals surface area contributed by atoms with Crippen LogP contribution in [-0.2, 0) is 15.1 Å².